The zero-order valence-corrected chi connectivity index (χ0v) is 14.7. The molecule has 0 aliphatic heterocycles. The zero-order chi connectivity index (χ0) is 15.9. The summed E-state index contributed by atoms with van der Waals surface area (Å²) in [5, 5.41) is 4.61. The molecule has 2 aromatic carbocycles. The Morgan fingerprint density at radius 1 is 1.00 bits per heavy atom. The number of hydrogen-bond acceptors (Lipinski definition) is 2. The number of thioether (sulfide) groups is 1. The van der Waals surface area contributed by atoms with Crippen molar-refractivity contribution in [3.63, 3.8) is 0 Å². The van der Waals surface area contributed by atoms with Crippen LogP contribution in [-0.2, 0) is 11.2 Å². The smallest absolute Gasteiger partial charge is 0.224 e. The Morgan fingerprint density at radius 3 is 2.27 bits per heavy atom. The van der Waals surface area contributed by atoms with Gasteiger partial charge in [-0.05, 0) is 42.0 Å². The lowest BCUT2D eigenvalue weighted by Crippen LogP contribution is -2.27. The van der Waals surface area contributed by atoms with Crippen LogP contribution in [0.4, 0.5) is 0 Å². The van der Waals surface area contributed by atoms with E-state index in [-0.39, 0.29) is 12.3 Å². The van der Waals surface area contributed by atoms with Gasteiger partial charge in [-0.25, -0.2) is 0 Å². The number of carbonyl (C=O) groups is 1. The van der Waals surface area contributed by atoms with Gasteiger partial charge in [0.05, 0.1) is 6.42 Å². The van der Waals surface area contributed by atoms with Crippen LogP contribution in [0.3, 0.4) is 0 Å². The summed E-state index contributed by atoms with van der Waals surface area (Å²) in [6.07, 6.45) is 0.185. The first kappa shape index (κ1) is 17.5. The summed E-state index contributed by atoms with van der Waals surface area (Å²) in [4.78, 5) is 13.0. The molecule has 0 aromatic heterocycles. The summed E-state index contributed by atoms with van der Waals surface area (Å²) in [6.45, 7) is 0.578. The van der Waals surface area contributed by atoms with E-state index in [2.05, 4.69) is 5.32 Å². The maximum atomic E-state index is 11.9. The van der Waals surface area contributed by atoms with Crippen molar-refractivity contribution in [2.24, 2.45) is 0 Å². The van der Waals surface area contributed by atoms with E-state index in [0.29, 0.717) is 27.2 Å². The molecule has 6 heteroatoms. The van der Waals surface area contributed by atoms with Crippen molar-refractivity contribution >= 4 is 52.5 Å². The predicted molar refractivity (Wildman–Crippen MR) is 95.4 cm³/mol. The van der Waals surface area contributed by atoms with Gasteiger partial charge in [0.2, 0.25) is 5.91 Å². The van der Waals surface area contributed by atoms with E-state index in [1.807, 2.05) is 24.3 Å². The SMILES string of the molecule is O=C(Cc1c(Cl)cccc1Cl)NCCSc1ccc(Cl)cc1. The first-order chi connectivity index (χ1) is 10.6. The topological polar surface area (TPSA) is 29.1 Å². The van der Waals surface area contributed by atoms with Gasteiger partial charge in [-0.15, -0.1) is 11.8 Å². The van der Waals surface area contributed by atoms with Gasteiger partial charge >= 0.3 is 0 Å². The highest BCUT2D eigenvalue weighted by Crippen LogP contribution is 2.24. The lowest BCUT2D eigenvalue weighted by molar-refractivity contribution is -0.120. The first-order valence-corrected chi connectivity index (χ1v) is 8.76. The van der Waals surface area contributed by atoms with Gasteiger partial charge in [-0.3, -0.25) is 4.79 Å². The summed E-state index contributed by atoms with van der Waals surface area (Å²) in [5.74, 6) is 0.690. The van der Waals surface area contributed by atoms with Gasteiger partial charge in [-0.1, -0.05) is 40.9 Å². The molecule has 2 aromatic rings. The van der Waals surface area contributed by atoms with Crippen molar-refractivity contribution in [3.05, 3.63) is 63.1 Å². The number of hydrogen-bond donors (Lipinski definition) is 1. The number of carbonyl (C=O) groups excluding carboxylic acids is 1. The van der Waals surface area contributed by atoms with Crippen LogP contribution in [0.25, 0.3) is 0 Å². The molecule has 0 fully saturated rings. The Kier molecular flexibility index (Phi) is 6.90. The maximum Gasteiger partial charge on any atom is 0.224 e. The minimum atomic E-state index is -0.0910. The van der Waals surface area contributed by atoms with Crippen LogP contribution in [0.2, 0.25) is 15.1 Å². The van der Waals surface area contributed by atoms with Crippen molar-refractivity contribution in [1.29, 1.82) is 0 Å². The zero-order valence-electron chi connectivity index (χ0n) is 11.6. The van der Waals surface area contributed by atoms with Crippen LogP contribution in [-0.4, -0.2) is 18.2 Å². The highest BCUT2D eigenvalue weighted by atomic mass is 35.5. The summed E-state index contributed by atoms with van der Waals surface area (Å²) in [7, 11) is 0. The molecule has 0 aliphatic rings. The van der Waals surface area contributed by atoms with Crippen LogP contribution in [0, 0.1) is 0 Å². The summed E-state index contributed by atoms with van der Waals surface area (Å²) in [5.41, 5.74) is 0.661. The maximum absolute atomic E-state index is 11.9. The van der Waals surface area contributed by atoms with E-state index >= 15 is 0 Å². The molecule has 0 radical (unpaired) electrons. The summed E-state index contributed by atoms with van der Waals surface area (Å²) < 4.78 is 0. The Labute approximate surface area is 149 Å². The van der Waals surface area contributed by atoms with Crippen LogP contribution in [0.5, 0.6) is 0 Å². The van der Waals surface area contributed by atoms with Crippen LogP contribution < -0.4 is 5.32 Å². The molecule has 0 aliphatic carbocycles. The monoisotopic (exact) mass is 373 g/mol. The second-order valence-electron chi connectivity index (χ2n) is 4.53. The third-order valence-corrected chi connectivity index (χ3v) is 4.88. The van der Waals surface area contributed by atoms with Gasteiger partial charge in [0.25, 0.3) is 0 Å². The minimum Gasteiger partial charge on any atom is -0.355 e. The van der Waals surface area contributed by atoms with E-state index in [1.165, 1.54) is 0 Å². The van der Waals surface area contributed by atoms with Gasteiger partial charge < -0.3 is 5.32 Å². The Morgan fingerprint density at radius 2 is 1.64 bits per heavy atom. The third kappa shape index (κ3) is 5.40. The quantitative estimate of drug-likeness (QED) is 0.563. The van der Waals surface area contributed by atoms with E-state index in [9.17, 15) is 4.79 Å². The molecule has 0 saturated carbocycles. The van der Waals surface area contributed by atoms with Crippen LogP contribution in [0.1, 0.15) is 5.56 Å². The van der Waals surface area contributed by atoms with Crippen LogP contribution in [0.15, 0.2) is 47.4 Å². The van der Waals surface area contributed by atoms with Crippen LogP contribution >= 0.6 is 46.6 Å². The molecular weight excluding hydrogens is 361 g/mol. The molecule has 2 nitrogen and oxygen atoms in total. The molecule has 22 heavy (non-hydrogen) atoms. The highest BCUT2D eigenvalue weighted by molar-refractivity contribution is 7.99. The first-order valence-electron chi connectivity index (χ1n) is 6.64. The normalized spacial score (nSPS) is 10.5. The number of nitrogens with one attached hydrogen (secondary N) is 1. The largest absolute Gasteiger partial charge is 0.355 e. The molecule has 1 amide bonds. The van der Waals surface area contributed by atoms with Gasteiger partial charge in [0.1, 0.15) is 0 Å². The standard InChI is InChI=1S/C16H14Cl3NOS/c17-11-4-6-12(7-5-11)22-9-8-20-16(21)10-13-14(18)2-1-3-15(13)19/h1-7H,8-10H2,(H,20,21). The lowest BCUT2D eigenvalue weighted by atomic mass is 10.1. The third-order valence-electron chi connectivity index (χ3n) is 2.91. The predicted octanol–water partition coefficient (Wildman–Crippen LogP) is 5.10. The fraction of sp³-hybridized carbons (Fsp3) is 0.188. The van der Waals surface area contributed by atoms with E-state index in [4.69, 9.17) is 34.8 Å². The van der Waals surface area contributed by atoms with Crippen molar-refractivity contribution in [2.45, 2.75) is 11.3 Å². The highest BCUT2D eigenvalue weighted by Gasteiger charge is 2.10. The Balaban J connectivity index is 1.75. The second kappa shape index (κ2) is 8.68. The van der Waals surface area contributed by atoms with Crippen molar-refractivity contribution in [2.75, 3.05) is 12.3 Å². The average Bonchev–Trinajstić information content (AvgIpc) is 2.49. The molecular formula is C16H14Cl3NOS. The number of rotatable bonds is 6. The fourth-order valence-corrected chi connectivity index (χ4v) is 3.24. The molecule has 116 valence electrons. The van der Waals surface area contributed by atoms with Crippen molar-refractivity contribution in [3.8, 4) is 0 Å². The van der Waals surface area contributed by atoms with Gasteiger partial charge in [0, 0.05) is 32.3 Å². The molecule has 0 bridgehead atoms. The van der Waals surface area contributed by atoms with E-state index < -0.39 is 0 Å². The Hall–Kier alpha value is -0.870. The molecule has 0 saturated heterocycles. The van der Waals surface area contributed by atoms with Gasteiger partial charge in [0.15, 0.2) is 0 Å². The van der Waals surface area contributed by atoms with Crippen molar-refractivity contribution in [1.82, 2.24) is 5.32 Å². The average molecular weight is 375 g/mol. The molecule has 0 heterocycles. The van der Waals surface area contributed by atoms with Crippen molar-refractivity contribution < 1.29 is 4.79 Å². The van der Waals surface area contributed by atoms with E-state index in [1.54, 1.807) is 30.0 Å². The minimum absolute atomic E-state index is 0.0910. The van der Waals surface area contributed by atoms with E-state index in [0.717, 1.165) is 10.6 Å². The lowest BCUT2D eigenvalue weighted by Gasteiger charge is -2.08. The number of halogens is 3. The summed E-state index contributed by atoms with van der Waals surface area (Å²) in [6, 6.07) is 12.8. The molecule has 1 N–H and O–H groups in total. The van der Waals surface area contributed by atoms with Gasteiger partial charge in [-0.2, -0.15) is 0 Å². The molecule has 2 rings (SSSR count). The second-order valence-corrected chi connectivity index (χ2v) is 6.95. The molecule has 0 atom stereocenters. The molecule has 0 unspecified atom stereocenters. The summed E-state index contributed by atoms with van der Waals surface area (Å²) >= 11 is 19.6. The Bertz CT molecular complexity index is 626. The number of benzene rings is 2. The molecule has 0 spiro atoms. The number of amides is 1. The fourth-order valence-electron chi connectivity index (χ4n) is 1.81.